The van der Waals surface area contributed by atoms with E-state index in [0.29, 0.717) is 15.9 Å². The van der Waals surface area contributed by atoms with Crippen LogP contribution in [0.25, 0.3) is 22.4 Å². The second-order valence-electron chi connectivity index (χ2n) is 4.49. The van der Waals surface area contributed by atoms with Crippen LogP contribution in [0.2, 0.25) is 10.0 Å². The van der Waals surface area contributed by atoms with Crippen molar-refractivity contribution in [1.29, 1.82) is 0 Å². The van der Waals surface area contributed by atoms with Gasteiger partial charge in [-0.25, -0.2) is 0 Å². The SMILES string of the molecule is Nc1n[nH]c(-c2ccc(Br)c(Cl)c2)c1-c1ccc(Cl)cc1. The fourth-order valence-corrected chi connectivity index (χ4v) is 2.68. The highest BCUT2D eigenvalue weighted by atomic mass is 79.9. The molecule has 0 unspecified atom stereocenters. The van der Waals surface area contributed by atoms with Crippen molar-refractivity contribution in [3.63, 3.8) is 0 Å². The number of nitrogens with one attached hydrogen (secondary N) is 1. The monoisotopic (exact) mass is 381 g/mol. The number of nitrogen functional groups attached to an aromatic ring is 1. The van der Waals surface area contributed by atoms with Gasteiger partial charge < -0.3 is 5.73 Å². The average Bonchev–Trinajstić information content (AvgIpc) is 2.85. The van der Waals surface area contributed by atoms with Crippen molar-refractivity contribution in [2.24, 2.45) is 0 Å². The summed E-state index contributed by atoms with van der Waals surface area (Å²) < 4.78 is 0.841. The Bertz CT molecular complexity index is 797. The highest BCUT2D eigenvalue weighted by Gasteiger charge is 2.15. The Kier molecular flexibility index (Phi) is 3.93. The Labute approximate surface area is 140 Å². The molecule has 6 heteroatoms. The first kappa shape index (κ1) is 14.4. The molecule has 0 aliphatic carbocycles. The van der Waals surface area contributed by atoms with Crippen molar-refractivity contribution >= 4 is 44.9 Å². The number of nitrogens with two attached hydrogens (primary N) is 1. The molecule has 0 aliphatic heterocycles. The van der Waals surface area contributed by atoms with Crippen molar-refractivity contribution in [2.45, 2.75) is 0 Å². The van der Waals surface area contributed by atoms with Crippen molar-refractivity contribution in [3.8, 4) is 22.4 Å². The summed E-state index contributed by atoms with van der Waals surface area (Å²) in [5, 5.41) is 8.38. The molecule has 21 heavy (non-hydrogen) atoms. The molecule has 0 bridgehead atoms. The first-order chi connectivity index (χ1) is 10.1. The molecule has 0 fully saturated rings. The van der Waals surface area contributed by atoms with Crippen LogP contribution in [0.1, 0.15) is 0 Å². The number of H-pyrrole nitrogens is 1. The molecule has 0 spiro atoms. The molecule has 3 N–H and O–H groups in total. The molecular weight excluding hydrogens is 373 g/mol. The van der Waals surface area contributed by atoms with Crippen LogP contribution in [0.5, 0.6) is 0 Å². The summed E-state index contributed by atoms with van der Waals surface area (Å²) in [6, 6.07) is 13.2. The summed E-state index contributed by atoms with van der Waals surface area (Å²) in [7, 11) is 0. The van der Waals surface area contributed by atoms with Gasteiger partial charge in [-0.3, -0.25) is 5.10 Å². The third-order valence-corrected chi connectivity index (χ3v) is 4.62. The Morgan fingerprint density at radius 2 is 1.67 bits per heavy atom. The molecule has 0 atom stereocenters. The number of rotatable bonds is 2. The molecule has 1 aromatic heterocycles. The van der Waals surface area contributed by atoms with Gasteiger partial charge in [0.2, 0.25) is 0 Å². The second kappa shape index (κ2) is 5.72. The molecule has 3 rings (SSSR count). The number of hydrogen-bond donors (Lipinski definition) is 2. The van der Waals surface area contributed by atoms with Gasteiger partial charge in [-0.15, -0.1) is 0 Å². The van der Waals surface area contributed by atoms with Gasteiger partial charge in [0.15, 0.2) is 5.82 Å². The van der Waals surface area contributed by atoms with Gasteiger partial charge in [0.25, 0.3) is 0 Å². The van der Waals surface area contributed by atoms with Crippen LogP contribution in [-0.2, 0) is 0 Å². The minimum atomic E-state index is 0.436. The standard InChI is InChI=1S/C15H10BrCl2N3/c16-11-6-3-9(7-12(11)18)14-13(15(19)21-20-14)8-1-4-10(17)5-2-8/h1-7H,(H3,19,20,21). The number of anilines is 1. The van der Waals surface area contributed by atoms with E-state index in [4.69, 9.17) is 28.9 Å². The first-order valence-corrected chi connectivity index (χ1v) is 7.66. The van der Waals surface area contributed by atoms with E-state index in [1.165, 1.54) is 0 Å². The Balaban J connectivity index is 2.16. The van der Waals surface area contributed by atoms with Crippen LogP contribution < -0.4 is 5.73 Å². The van der Waals surface area contributed by atoms with Crippen LogP contribution in [0.15, 0.2) is 46.9 Å². The molecule has 2 aromatic carbocycles. The fraction of sp³-hybridized carbons (Fsp3) is 0. The van der Waals surface area contributed by atoms with Crippen molar-refractivity contribution < 1.29 is 0 Å². The molecular formula is C15H10BrCl2N3. The summed E-state index contributed by atoms with van der Waals surface area (Å²) in [5.41, 5.74) is 9.52. The van der Waals surface area contributed by atoms with E-state index in [-0.39, 0.29) is 0 Å². The Hall–Kier alpha value is -1.49. The van der Waals surface area contributed by atoms with Gasteiger partial charge in [0, 0.05) is 15.1 Å². The van der Waals surface area contributed by atoms with Crippen LogP contribution >= 0.6 is 39.1 Å². The number of aromatic amines is 1. The van der Waals surface area contributed by atoms with Crippen LogP contribution in [0.4, 0.5) is 5.82 Å². The molecule has 0 saturated heterocycles. The topological polar surface area (TPSA) is 54.7 Å². The average molecular weight is 383 g/mol. The van der Waals surface area contributed by atoms with Gasteiger partial charge in [-0.1, -0.05) is 41.4 Å². The molecule has 0 radical (unpaired) electrons. The highest BCUT2D eigenvalue weighted by Crippen LogP contribution is 2.37. The van der Waals surface area contributed by atoms with Gasteiger partial charge in [-0.05, 0) is 45.8 Å². The molecule has 3 nitrogen and oxygen atoms in total. The lowest BCUT2D eigenvalue weighted by Crippen LogP contribution is -1.89. The Morgan fingerprint density at radius 1 is 1.00 bits per heavy atom. The summed E-state index contributed by atoms with van der Waals surface area (Å²) in [4.78, 5) is 0. The highest BCUT2D eigenvalue weighted by molar-refractivity contribution is 9.10. The van der Waals surface area contributed by atoms with Crippen LogP contribution in [-0.4, -0.2) is 10.2 Å². The lowest BCUT2D eigenvalue weighted by atomic mass is 10.0. The quantitative estimate of drug-likeness (QED) is 0.623. The molecule has 106 valence electrons. The Morgan fingerprint density at radius 3 is 2.33 bits per heavy atom. The third kappa shape index (κ3) is 2.79. The summed E-state index contributed by atoms with van der Waals surface area (Å²) in [5.74, 6) is 0.436. The number of halogens is 3. The van der Waals surface area contributed by atoms with Gasteiger partial charge in [-0.2, -0.15) is 5.10 Å². The lowest BCUT2D eigenvalue weighted by Gasteiger charge is -2.06. The smallest absolute Gasteiger partial charge is 0.153 e. The molecule has 0 saturated carbocycles. The van der Waals surface area contributed by atoms with E-state index in [9.17, 15) is 0 Å². The predicted octanol–water partition coefficient (Wildman–Crippen LogP) is 5.40. The van der Waals surface area contributed by atoms with E-state index < -0.39 is 0 Å². The zero-order valence-corrected chi connectivity index (χ0v) is 13.8. The third-order valence-electron chi connectivity index (χ3n) is 3.14. The molecule has 3 aromatic rings. The largest absolute Gasteiger partial charge is 0.382 e. The molecule has 0 aliphatic rings. The lowest BCUT2D eigenvalue weighted by molar-refractivity contribution is 1.10. The van der Waals surface area contributed by atoms with Crippen LogP contribution in [0.3, 0.4) is 0 Å². The zero-order valence-electron chi connectivity index (χ0n) is 10.7. The normalized spacial score (nSPS) is 10.8. The van der Waals surface area contributed by atoms with Crippen molar-refractivity contribution in [2.75, 3.05) is 5.73 Å². The van der Waals surface area contributed by atoms with E-state index in [0.717, 1.165) is 26.9 Å². The first-order valence-electron chi connectivity index (χ1n) is 6.11. The summed E-state index contributed by atoms with van der Waals surface area (Å²) in [6.07, 6.45) is 0. The molecule has 0 amide bonds. The number of benzene rings is 2. The van der Waals surface area contributed by atoms with E-state index in [1.54, 1.807) is 0 Å². The van der Waals surface area contributed by atoms with Crippen molar-refractivity contribution in [1.82, 2.24) is 10.2 Å². The van der Waals surface area contributed by atoms with Crippen molar-refractivity contribution in [3.05, 3.63) is 57.0 Å². The van der Waals surface area contributed by atoms with Gasteiger partial charge in [0.05, 0.1) is 16.3 Å². The van der Waals surface area contributed by atoms with Gasteiger partial charge >= 0.3 is 0 Å². The van der Waals surface area contributed by atoms with E-state index in [1.807, 2.05) is 42.5 Å². The van der Waals surface area contributed by atoms with E-state index >= 15 is 0 Å². The maximum Gasteiger partial charge on any atom is 0.153 e. The maximum absolute atomic E-state index is 6.16. The minimum Gasteiger partial charge on any atom is -0.382 e. The van der Waals surface area contributed by atoms with E-state index in [2.05, 4.69) is 26.1 Å². The predicted molar refractivity (Wildman–Crippen MR) is 91.6 cm³/mol. The summed E-state index contributed by atoms with van der Waals surface area (Å²) >= 11 is 15.5. The van der Waals surface area contributed by atoms with Crippen LogP contribution in [0, 0.1) is 0 Å². The zero-order chi connectivity index (χ0) is 15.0. The fourth-order valence-electron chi connectivity index (χ4n) is 2.13. The summed E-state index contributed by atoms with van der Waals surface area (Å²) in [6.45, 7) is 0. The minimum absolute atomic E-state index is 0.436. The number of hydrogen-bond acceptors (Lipinski definition) is 2. The number of aromatic nitrogens is 2. The second-order valence-corrected chi connectivity index (χ2v) is 6.19. The number of nitrogens with zero attached hydrogens (tertiary/aromatic N) is 1. The maximum atomic E-state index is 6.16. The molecule has 1 heterocycles. The van der Waals surface area contributed by atoms with Gasteiger partial charge in [0.1, 0.15) is 0 Å².